The van der Waals surface area contributed by atoms with Crippen molar-refractivity contribution in [2.75, 3.05) is 32.8 Å². The minimum absolute atomic E-state index is 0.273. The molecular formula is C21H29N2O3S+. The van der Waals surface area contributed by atoms with Crippen molar-refractivity contribution >= 4 is 10.0 Å². The molecule has 1 atom stereocenters. The monoisotopic (exact) mass is 389 g/mol. The summed E-state index contributed by atoms with van der Waals surface area (Å²) in [5.41, 5.74) is 4.21. The van der Waals surface area contributed by atoms with Gasteiger partial charge in [-0.3, -0.25) is 0 Å². The lowest BCUT2D eigenvalue weighted by atomic mass is 10.1. The Morgan fingerprint density at radius 3 is 2.30 bits per heavy atom. The van der Waals surface area contributed by atoms with Crippen molar-refractivity contribution in [2.24, 2.45) is 0 Å². The van der Waals surface area contributed by atoms with Gasteiger partial charge in [-0.2, -0.15) is 4.72 Å². The van der Waals surface area contributed by atoms with E-state index in [0.717, 1.165) is 48.6 Å². The molecule has 0 unspecified atom stereocenters. The van der Waals surface area contributed by atoms with Crippen LogP contribution in [0.15, 0.2) is 47.4 Å². The quantitative estimate of drug-likeness (QED) is 0.788. The van der Waals surface area contributed by atoms with Gasteiger partial charge in [0.25, 0.3) is 0 Å². The molecule has 0 aliphatic carbocycles. The second kappa shape index (κ2) is 8.52. The summed E-state index contributed by atoms with van der Waals surface area (Å²) in [6, 6.07) is 13.1. The van der Waals surface area contributed by atoms with Gasteiger partial charge >= 0.3 is 0 Å². The van der Waals surface area contributed by atoms with Gasteiger partial charge < -0.3 is 9.64 Å². The van der Waals surface area contributed by atoms with E-state index in [4.69, 9.17) is 4.74 Å². The molecule has 0 amide bonds. The zero-order valence-corrected chi connectivity index (χ0v) is 17.1. The number of nitrogens with one attached hydrogen (secondary N) is 2. The van der Waals surface area contributed by atoms with Gasteiger partial charge in [-0.05, 0) is 49.6 Å². The number of quaternary nitrogens is 1. The van der Waals surface area contributed by atoms with Crippen molar-refractivity contribution in [1.29, 1.82) is 0 Å². The zero-order chi connectivity index (χ0) is 19.4. The van der Waals surface area contributed by atoms with Gasteiger partial charge in [-0.25, -0.2) is 8.42 Å². The SMILES string of the molecule is Cc1ccc([C@H](C[NH+]2CCOCC2)NS(=O)(=O)c2ccc(C)c(C)c2)cc1. The molecule has 0 bridgehead atoms. The smallest absolute Gasteiger partial charge is 0.241 e. The fraction of sp³-hybridized carbons (Fsp3) is 0.429. The molecule has 5 nitrogen and oxygen atoms in total. The topological polar surface area (TPSA) is 59.8 Å². The van der Waals surface area contributed by atoms with E-state index in [2.05, 4.69) is 4.72 Å². The Morgan fingerprint density at radius 2 is 1.67 bits per heavy atom. The van der Waals surface area contributed by atoms with Crippen LogP contribution in [0.2, 0.25) is 0 Å². The van der Waals surface area contributed by atoms with E-state index in [1.54, 1.807) is 12.1 Å². The van der Waals surface area contributed by atoms with Crippen LogP contribution in [0.25, 0.3) is 0 Å². The highest BCUT2D eigenvalue weighted by Gasteiger charge is 2.26. The summed E-state index contributed by atoms with van der Waals surface area (Å²) >= 11 is 0. The molecule has 0 radical (unpaired) electrons. The Bertz CT molecular complexity index is 873. The van der Waals surface area contributed by atoms with Crippen molar-refractivity contribution in [2.45, 2.75) is 31.7 Å². The fourth-order valence-corrected chi connectivity index (χ4v) is 4.62. The first-order valence-corrected chi connectivity index (χ1v) is 10.9. The maximum atomic E-state index is 13.0. The second-order valence-corrected chi connectivity index (χ2v) is 9.11. The van der Waals surface area contributed by atoms with E-state index in [0.29, 0.717) is 11.4 Å². The van der Waals surface area contributed by atoms with Crippen molar-refractivity contribution in [1.82, 2.24) is 4.72 Å². The van der Waals surface area contributed by atoms with Crippen LogP contribution in [0.1, 0.15) is 28.3 Å². The van der Waals surface area contributed by atoms with Crippen LogP contribution in [0.3, 0.4) is 0 Å². The molecule has 27 heavy (non-hydrogen) atoms. The third kappa shape index (κ3) is 5.17. The van der Waals surface area contributed by atoms with Crippen LogP contribution in [-0.2, 0) is 14.8 Å². The first kappa shape index (κ1) is 20.0. The Kier molecular flexibility index (Phi) is 6.32. The summed E-state index contributed by atoms with van der Waals surface area (Å²) < 4.78 is 34.5. The summed E-state index contributed by atoms with van der Waals surface area (Å²) in [6.45, 7) is 9.89. The van der Waals surface area contributed by atoms with Crippen LogP contribution >= 0.6 is 0 Å². The number of hydrogen-bond acceptors (Lipinski definition) is 3. The van der Waals surface area contributed by atoms with Gasteiger partial charge in [-0.1, -0.05) is 35.9 Å². The number of sulfonamides is 1. The Labute approximate surface area is 162 Å². The van der Waals surface area contributed by atoms with Crippen LogP contribution < -0.4 is 9.62 Å². The van der Waals surface area contributed by atoms with Crippen LogP contribution in [0, 0.1) is 20.8 Å². The number of benzene rings is 2. The average Bonchev–Trinajstić information content (AvgIpc) is 2.64. The van der Waals surface area contributed by atoms with Crippen molar-refractivity contribution in [3.05, 3.63) is 64.7 Å². The third-order valence-corrected chi connectivity index (χ3v) is 6.73. The molecule has 1 saturated heterocycles. The number of aryl methyl sites for hydroxylation is 3. The van der Waals surface area contributed by atoms with E-state index >= 15 is 0 Å². The molecule has 1 aliphatic heterocycles. The molecular weight excluding hydrogens is 360 g/mol. The molecule has 0 aromatic heterocycles. The van der Waals surface area contributed by atoms with Gasteiger partial charge in [0.1, 0.15) is 13.1 Å². The standard InChI is InChI=1S/C21H28N2O3S/c1-16-4-7-19(8-5-16)21(15-23-10-12-26-13-11-23)22-27(24,25)20-9-6-17(2)18(3)14-20/h4-9,14,21-22H,10-13,15H2,1-3H3/p+1/t21-/m0/s1. The lowest BCUT2D eigenvalue weighted by Gasteiger charge is -2.28. The van der Waals surface area contributed by atoms with Crippen LogP contribution in [0.4, 0.5) is 0 Å². The predicted molar refractivity (Wildman–Crippen MR) is 107 cm³/mol. The minimum Gasteiger partial charge on any atom is -0.370 e. The summed E-state index contributed by atoms with van der Waals surface area (Å²) in [5.74, 6) is 0. The highest BCUT2D eigenvalue weighted by Crippen LogP contribution is 2.19. The molecule has 2 aromatic rings. The van der Waals surface area contributed by atoms with E-state index < -0.39 is 10.0 Å². The normalized spacial score (nSPS) is 17.0. The lowest BCUT2D eigenvalue weighted by Crippen LogP contribution is -3.14. The maximum absolute atomic E-state index is 13.0. The maximum Gasteiger partial charge on any atom is 0.241 e. The molecule has 2 N–H and O–H groups in total. The molecule has 2 aromatic carbocycles. The molecule has 3 rings (SSSR count). The van der Waals surface area contributed by atoms with E-state index in [1.165, 1.54) is 4.90 Å². The molecule has 1 fully saturated rings. The average molecular weight is 390 g/mol. The Morgan fingerprint density at radius 1 is 1.00 bits per heavy atom. The van der Waals surface area contributed by atoms with E-state index in [1.807, 2.05) is 51.1 Å². The first-order valence-electron chi connectivity index (χ1n) is 9.42. The van der Waals surface area contributed by atoms with Gasteiger partial charge in [0.05, 0.1) is 30.7 Å². The summed E-state index contributed by atoms with van der Waals surface area (Å²) in [4.78, 5) is 1.68. The largest absolute Gasteiger partial charge is 0.370 e. The van der Waals surface area contributed by atoms with E-state index in [-0.39, 0.29) is 6.04 Å². The molecule has 0 spiro atoms. The van der Waals surface area contributed by atoms with E-state index in [9.17, 15) is 8.42 Å². The van der Waals surface area contributed by atoms with Crippen molar-refractivity contribution in [3.63, 3.8) is 0 Å². The lowest BCUT2D eigenvalue weighted by molar-refractivity contribution is -0.909. The number of hydrogen-bond donors (Lipinski definition) is 2. The highest BCUT2D eigenvalue weighted by molar-refractivity contribution is 7.89. The van der Waals surface area contributed by atoms with Gasteiger partial charge in [-0.15, -0.1) is 0 Å². The predicted octanol–water partition coefficient (Wildman–Crippen LogP) is 1.55. The van der Waals surface area contributed by atoms with Gasteiger partial charge in [0.2, 0.25) is 10.0 Å². The zero-order valence-electron chi connectivity index (χ0n) is 16.3. The number of rotatable bonds is 6. The summed E-state index contributed by atoms with van der Waals surface area (Å²) in [7, 11) is -3.60. The summed E-state index contributed by atoms with van der Waals surface area (Å²) in [6.07, 6.45) is 0. The third-order valence-electron chi connectivity index (χ3n) is 5.26. The number of morpholine rings is 1. The molecule has 6 heteroatoms. The molecule has 1 aliphatic rings. The fourth-order valence-electron chi connectivity index (χ4n) is 3.32. The second-order valence-electron chi connectivity index (χ2n) is 7.40. The Hall–Kier alpha value is -1.73. The first-order chi connectivity index (χ1) is 12.8. The van der Waals surface area contributed by atoms with Crippen molar-refractivity contribution < 1.29 is 18.1 Å². The number of ether oxygens (including phenoxy) is 1. The molecule has 1 heterocycles. The van der Waals surface area contributed by atoms with Crippen molar-refractivity contribution in [3.8, 4) is 0 Å². The molecule has 146 valence electrons. The summed E-state index contributed by atoms with van der Waals surface area (Å²) in [5, 5.41) is 0. The molecule has 0 saturated carbocycles. The minimum atomic E-state index is -3.60. The van der Waals surface area contributed by atoms with Gasteiger partial charge in [0.15, 0.2) is 0 Å². The van der Waals surface area contributed by atoms with Gasteiger partial charge in [0, 0.05) is 0 Å². The van der Waals surface area contributed by atoms with Crippen LogP contribution in [-0.4, -0.2) is 41.3 Å². The van der Waals surface area contributed by atoms with Crippen LogP contribution in [0.5, 0.6) is 0 Å². The highest BCUT2D eigenvalue weighted by atomic mass is 32.2. The Balaban J connectivity index is 1.86.